The molecule has 1 aliphatic heterocycles. The van der Waals surface area contributed by atoms with Gasteiger partial charge in [0.05, 0.1) is 13.7 Å². The molecule has 0 bridgehead atoms. The summed E-state index contributed by atoms with van der Waals surface area (Å²) in [4.78, 5) is 28.3. The first-order chi connectivity index (χ1) is 14.7. The van der Waals surface area contributed by atoms with Crippen molar-refractivity contribution in [2.75, 3.05) is 7.11 Å². The molecule has 1 heterocycles. The van der Waals surface area contributed by atoms with Gasteiger partial charge in [-0.1, -0.05) is 68.5 Å². The number of hydrogen-bond acceptors (Lipinski definition) is 3. The fourth-order valence-corrected chi connectivity index (χ4v) is 4.71. The van der Waals surface area contributed by atoms with E-state index in [9.17, 15) is 9.59 Å². The molecule has 1 atom stereocenters. The van der Waals surface area contributed by atoms with Crippen LogP contribution in [-0.2, 0) is 11.3 Å². The van der Waals surface area contributed by atoms with Gasteiger partial charge in [0.15, 0.2) is 0 Å². The largest absolute Gasteiger partial charge is 0.496 e. The molecule has 5 heteroatoms. The molecule has 0 unspecified atom stereocenters. The average Bonchev–Trinajstić information content (AvgIpc) is 3.02. The second-order valence-electron chi connectivity index (χ2n) is 8.29. The molecule has 0 saturated heterocycles. The van der Waals surface area contributed by atoms with E-state index < -0.39 is 6.04 Å². The van der Waals surface area contributed by atoms with Crippen molar-refractivity contribution < 1.29 is 14.3 Å². The number of nitrogens with one attached hydrogen (secondary N) is 1. The molecule has 5 nitrogen and oxygen atoms in total. The minimum atomic E-state index is -0.607. The summed E-state index contributed by atoms with van der Waals surface area (Å²) in [7, 11) is 1.62. The normalized spacial score (nSPS) is 19.7. The van der Waals surface area contributed by atoms with E-state index in [1.54, 1.807) is 12.0 Å². The first-order valence-corrected chi connectivity index (χ1v) is 11.0. The number of methoxy groups -OCH3 is 1. The number of carbonyl (C=O) groups is 2. The highest BCUT2D eigenvalue weighted by Crippen LogP contribution is 2.36. The van der Waals surface area contributed by atoms with Gasteiger partial charge in [-0.25, -0.2) is 0 Å². The Hall–Kier alpha value is -2.82. The van der Waals surface area contributed by atoms with Gasteiger partial charge < -0.3 is 15.0 Å². The number of hydrogen-bond donors (Lipinski definition) is 1. The van der Waals surface area contributed by atoms with Crippen molar-refractivity contribution in [1.29, 1.82) is 0 Å². The molecule has 158 valence electrons. The third-order valence-electron chi connectivity index (χ3n) is 6.29. The smallest absolute Gasteiger partial charge is 0.255 e. The lowest BCUT2D eigenvalue weighted by Gasteiger charge is -2.28. The number of rotatable bonds is 5. The van der Waals surface area contributed by atoms with Crippen molar-refractivity contribution in [2.45, 2.75) is 63.6 Å². The molecule has 1 fully saturated rings. The number of para-hydroxylation sites is 1. The molecule has 1 saturated carbocycles. The third kappa shape index (κ3) is 4.20. The predicted molar refractivity (Wildman–Crippen MR) is 116 cm³/mol. The van der Waals surface area contributed by atoms with Crippen molar-refractivity contribution in [1.82, 2.24) is 10.2 Å². The first-order valence-electron chi connectivity index (χ1n) is 11.0. The Balaban J connectivity index is 1.60. The van der Waals surface area contributed by atoms with Gasteiger partial charge in [0.1, 0.15) is 11.8 Å². The van der Waals surface area contributed by atoms with Crippen LogP contribution in [0, 0.1) is 0 Å². The number of carbonyl (C=O) groups excluding carboxylic acids is 2. The maximum atomic E-state index is 13.4. The van der Waals surface area contributed by atoms with Crippen molar-refractivity contribution >= 4 is 11.8 Å². The number of amides is 2. The standard InChI is InChI=1S/C25H30N2O3/c1-30-22-16-10-7-11-18(22)17-27-23(20-14-8-9-15-21(20)25(27)29)24(28)26-19-12-5-3-2-4-6-13-19/h7-11,14-16,19,23H,2-6,12-13,17H2,1H3,(H,26,28)/t23-/m0/s1. The number of ether oxygens (including phenoxy) is 1. The summed E-state index contributed by atoms with van der Waals surface area (Å²) in [6, 6.07) is 14.7. The minimum Gasteiger partial charge on any atom is -0.496 e. The maximum absolute atomic E-state index is 13.4. The van der Waals surface area contributed by atoms with Crippen molar-refractivity contribution in [2.24, 2.45) is 0 Å². The van der Waals surface area contributed by atoms with E-state index in [0.717, 1.165) is 42.6 Å². The summed E-state index contributed by atoms with van der Waals surface area (Å²) < 4.78 is 5.47. The van der Waals surface area contributed by atoms with Crippen molar-refractivity contribution in [3.8, 4) is 5.75 Å². The van der Waals surface area contributed by atoms with Crippen molar-refractivity contribution in [3.63, 3.8) is 0 Å². The molecule has 0 spiro atoms. The van der Waals surface area contributed by atoms with Crippen LogP contribution in [0.3, 0.4) is 0 Å². The maximum Gasteiger partial charge on any atom is 0.255 e. The summed E-state index contributed by atoms with van der Waals surface area (Å²) in [5.74, 6) is 0.545. The number of nitrogens with zero attached hydrogens (tertiary/aromatic N) is 1. The third-order valence-corrected chi connectivity index (χ3v) is 6.29. The molecule has 4 rings (SSSR count). The van der Waals surface area contributed by atoms with Gasteiger partial charge in [-0.15, -0.1) is 0 Å². The fraction of sp³-hybridized carbons (Fsp3) is 0.440. The van der Waals surface area contributed by atoms with Crippen LogP contribution in [0.15, 0.2) is 48.5 Å². The van der Waals surface area contributed by atoms with E-state index in [4.69, 9.17) is 4.74 Å². The van der Waals surface area contributed by atoms with E-state index in [0.29, 0.717) is 12.1 Å². The summed E-state index contributed by atoms with van der Waals surface area (Å²) in [6.45, 7) is 0.334. The average molecular weight is 407 g/mol. The van der Waals surface area contributed by atoms with E-state index in [2.05, 4.69) is 5.32 Å². The fourth-order valence-electron chi connectivity index (χ4n) is 4.71. The molecular weight excluding hydrogens is 376 g/mol. The molecule has 1 N–H and O–H groups in total. The SMILES string of the molecule is COc1ccccc1CN1C(=O)c2ccccc2[C@H]1C(=O)NC1CCCCCCC1. The summed E-state index contributed by atoms with van der Waals surface area (Å²) in [5.41, 5.74) is 2.30. The summed E-state index contributed by atoms with van der Waals surface area (Å²) >= 11 is 0. The molecule has 2 aromatic rings. The number of fused-ring (bicyclic) bond motifs is 1. The van der Waals surface area contributed by atoms with Gasteiger partial charge in [0.25, 0.3) is 5.91 Å². The van der Waals surface area contributed by atoms with Crippen LogP contribution in [0.4, 0.5) is 0 Å². The summed E-state index contributed by atoms with van der Waals surface area (Å²) in [6.07, 6.45) is 8.08. The topological polar surface area (TPSA) is 58.6 Å². The zero-order chi connectivity index (χ0) is 20.9. The zero-order valence-electron chi connectivity index (χ0n) is 17.6. The Bertz CT molecular complexity index is 903. The van der Waals surface area contributed by atoms with Crippen LogP contribution >= 0.6 is 0 Å². The Labute approximate surface area is 178 Å². The van der Waals surface area contributed by atoms with Gasteiger partial charge in [-0.3, -0.25) is 9.59 Å². The quantitative estimate of drug-likeness (QED) is 0.788. The summed E-state index contributed by atoms with van der Waals surface area (Å²) in [5, 5.41) is 3.27. The molecule has 2 aromatic carbocycles. The second-order valence-corrected chi connectivity index (χ2v) is 8.29. The molecule has 30 heavy (non-hydrogen) atoms. The van der Waals surface area contributed by atoms with Crippen molar-refractivity contribution in [3.05, 3.63) is 65.2 Å². The van der Waals surface area contributed by atoms with E-state index in [-0.39, 0.29) is 17.9 Å². The second kappa shape index (κ2) is 9.33. The van der Waals surface area contributed by atoms with E-state index in [1.807, 2.05) is 48.5 Å². The minimum absolute atomic E-state index is 0.0752. The van der Waals surface area contributed by atoms with Gasteiger partial charge >= 0.3 is 0 Å². The molecule has 1 aliphatic carbocycles. The highest BCUT2D eigenvalue weighted by atomic mass is 16.5. The van der Waals surface area contributed by atoms with Crippen LogP contribution in [0.25, 0.3) is 0 Å². The monoisotopic (exact) mass is 406 g/mol. The molecule has 0 aromatic heterocycles. The molecular formula is C25H30N2O3. The Morgan fingerprint density at radius 1 is 1.00 bits per heavy atom. The molecule has 2 amide bonds. The van der Waals surface area contributed by atoms with Crippen LogP contribution in [-0.4, -0.2) is 29.9 Å². The zero-order valence-corrected chi connectivity index (χ0v) is 17.6. The van der Waals surface area contributed by atoms with Gasteiger partial charge in [0, 0.05) is 17.2 Å². The Morgan fingerprint density at radius 3 is 2.43 bits per heavy atom. The highest BCUT2D eigenvalue weighted by molar-refractivity contribution is 6.04. The van der Waals surface area contributed by atoms with Crippen LogP contribution in [0.1, 0.15) is 72.5 Å². The Morgan fingerprint density at radius 2 is 1.67 bits per heavy atom. The van der Waals surface area contributed by atoms with Crippen LogP contribution < -0.4 is 10.1 Å². The predicted octanol–water partition coefficient (Wildman–Crippen LogP) is 4.62. The van der Waals surface area contributed by atoms with Crippen LogP contribution in [0.2, 0.25) is 0 Å². The Kier molecular flexibility index (Phi) is 6.36. The first kappa shape index (κ1) is 20.5. The van der Waals surface area contributed by atoms with E-state index >= 15 is 0 Å². The number of benzene rings is 2. The molecule has 2 aliphatic rings. The lowest BCUT2D eigenvalue weighted by Crippen LogP contribution is -2.43. The van der Waals surface area contributed by atoms with E-state index in [1.165, 1.54) is 19.3 Å². The lowest BCUT2D eigenvalue weighted by atomic mass is 9.96. The van der Waals surface area contributed by atoms with Gasteiger partial charge in [-0.05, 0) is 30.5 Å². The molecule has 0 radical (unpaired) electrons. The van der Waals surface area contributed by atoms with Crippen LogP contribution in [0.5, 0.6) is 5.75 Å². The van der Waals surface area contributed by atoms with Gasteiger partial charge in [0.2, 0.25) is 5.91 Å². The lowest BCUT2D eigenvalue weighted by molar-refractivity contribution is -0.126. The van der Waals surface area contributed by atoms with Gasteiger partial charge in [-0.2, -0.15) is 0 Å². The highest BCUT2D eigenvalue weighted by Gasteiger charge is 2.41.